The first-order valence-electron chi connectivity index (χ1n) is 7.54. The van der Waals surface area contributed by atoms with Gasteiger partial charge in [-0.05, 0) is 31.2 Å². The third kappa shape index (κ3) is 4.53. The zero-order valence-corrected chi connectivity index (χ0v) is 13.8. The van der Waals surface area contributed by atoms with Gasteiger partial charge in [-0.3, -0.25) is 0 Å². The van der Waals surface area contributed by atoms with Gasteiger partial charge in [0, 0.05) is 17.0 Å². The average Bonchev–Trinajstić information content (AvgIpc) is 2.50. The van der Waals surface area contributed by atoms with E-state index in [2.05, 4.69) is 31.3 Å². The second kappa shape index (κ2) is 7.92. The Hall–Kier alpha value is -0.910. The SMILES string of the molecule is CCNC(CSC(C)C(C)O)c1ccc2c(c1)OCCO2. The molecule has 4 nitrogen and oxygen atoms in total. The highest BCUT2D eigenvalue weighted by molar-refractivity contribution is 7.99. The second-order valence-electron chi connectivity index (χ2n) is 5.29. The summed E-state index contributed by atoms with van der Waals surface area (Å²) in [7, 11) is 0. The van der Waals surface area contributed by atoms with E-state index in [0.717, 1.165) is 23.8 Å². The summed E-state index contributed by atoms with van der Waals surface area (Å²) in [6, 6.07) is 6.39. The van der Waals surface area contributed by atoms with Crippen molar-refractivity contribution < 1.29 is 14.6 Å². The summed E-state index contributed by atoms with van der Waals surface area (Å²) in [6.07, 6.45) is -0.294. The summed E-state index contributed by atoms with van der Waals surface area (Å²) in [4.78, 5) is 0. The van der Waals surface area contributed by atoms with Crippen molar-refractivity contribution in [2.24, 2.45) is 0 Å². The lowest BCUT2D eigenvalue weighted by Crippen LogP contribution is -2.25. The van der Waals surface area contributed by atoms with Crippen LogP contribution in [0, 0.1) is 0 Å². The van der Waals surface area contributed by atoms with Gasteiger partial charge >= 0.3 is 0 Å². The van der Waals surface area contributed by atoms with Gasteiger partial charge in [0.15, 0.2) is 11.5 Å². The molecule has 118 valence electrons. The summed E-state index contributed by atoms with van der Waals surface area (Å²) in [5.41, 5.74) is 1.20. The van der Waals surface area contributed by atoms with E-state index in [0.29, 0.717) is 13.2 Å². The van der Waals surface area contributed by atoms with Crippen LogP contribution in [0.5, 0.6) is 11.5 Å². The lowest BCUT2D eigenvalue weighted by Gasteiger charge is -2.24. The first-order valence-corrected chi connectivity index (χ1v) is 8.59. The molecule has 21 heavy (non-hydrogen) atoms. The van der Waals surface area contributed by atoms with Gasteiger partial charge in [-0.25, -0.2) is 0 Å². The van der Waals surface area contributed by atoms with E-state index in [1.807, 2.05) is 13.0 Å². The Morgan fingerprint density at radius 2 is 1.95 bits per heavy atom. The van der Waals surface area contributed by atoms with Gasteiger partial charge in [0.2, 0.25) is 0 Å². The molecule has 0 amide bonds. The standard InChI is InChI=1S/C16H25NO3S/c1-4-17-14(10-21-12(3)11(2)18)13-5-6-15-16(9-13)20-8-7-19-15/h5-6,9,11-12,14,17-18H,4,7-8,10H2,1-3H3. The molecule has 1 heterocycles. The minimum absolute atomic E-state index is 0.225. The Labute approximate surface area is 131 Å². The highest BCUT2D eigenvalue weighted by Crippen LogP contribution is 2.33. The molecule has 3 atom stereocenters. The molecule has 0 radical (unpaired) electrons. The molecular formula is C16H25NO3S. The number of thioether (sulfide) groups is 1. The molecule has 0 spiro atoms. The third-order valence-electron chi connectivity index (χ3n) is 3.62. The quantitative estimate of drug-likeness (QED) is 0.811. The van der Waals surface area contributed by atoms with Gasteiger partial charge in [-0.15, -0.1) is 0 Å². The molecule has 0 aromatic heterocycles. The van der Waals surface area contributed by atoms with Crippen LogP contribution < -0.4 is 14.8 Å². The average molecular weight is 311 g/mol. The monoisotopic (exact) mass is 311 g/mol. The summed E-state index contributed by atoms with van der Waals surface area (Å²) < 4.78 is 11.2. The third-order valence-corrected chi connectivity index (χ3v) is 5.07. The van der Waals surface area contributed by atoms with Crippen LogP contribution in [0.25, 0.3) is 0 Å². The van der Waals surface area contributed by atoms with Crippen molar-refractivity contribution in [3.8, 4) is 11.5 Å². The zero-order chi connectivity index (χ0) is 15.2. The molecule has 0 bridgehead atoms. The van der Waals surface area contributed by atoms with Crippen LogP contribution in [0.1, 0.15) is 32.4 Å². The number of nitrogens with one attached hydrogen (secondary N) is 1. The lowest BCUT2D eigenvalue weighted by atomic mass is 10.1. The number of rotatable bonds is 7. The number of aliphatic hydroxyl groups excluding tert-OH is 1. The minimum Gasteiger partial charge on any atom is -0.486 e. The molecule has 1 aromatic rings. The van der Waals surface area contributed by atoms with Crippen LogP contribution >= 0.6 is 11.8 Å². The van der Waals surface area contributed by atoms with Crippen LogP contribution in [-0.4, -0.2) is 42.0 Å². The molecule has 1 aliphatic rings. The fourth-order valence-corrected chi connectivity index (χ4v) is 3.27. The molecule has 2 rings (SSSR count). The molecule has 3 unspecified atom stereocenters. The van der Waals surface area contributed by atoms with Gasteiger partial charge in [-0.1, -0.05) is 19.9 Å². The fourth-order valence-electron chi connectivity index (χ4n) is 2.18. The summed E-state index contributed by atoms with van der Waals surface area (Å²) >= 11 is 1.78. The van der Waals surface area contributed by atoms with Crippen LogP contribution in [-0.2, 0) is 0 Å². The molecule has 1 aromatic carbocycles. The Morgan fingerprint density at radius 1 is 1.24 bits per heavy atom. The van der Waals surface area contributed by atoms with E-state index in [9.17, 15) is 5.11 Å². The highest BCUT2D eigenvalue weighted by Gasteiger charge is 2.18. The Kier molecular flexibility index (Phi) is 6.21. The Balaban J connectivity index is 2.06. The highest BCUT2D eigenvalue weighted by atomic mass is 32.2. The largest absolute Gasteiger partial charge is 0.486 e. The summed E-state index contributed by atoms with van der Waals surface area (Å²) in [5.74, 6) is 2.57. The van der Waals surface area contributed by atoms with Crippen molar-refractivity contribution in [2.75, 3.05) is 25.5 Å². The van der Waals surface area contributed by atoms with Crippen molar-refractivity contribution in [3.05, 3.63) is 23.8 Å². The summed E-state index contributed by atoms with van der Waals surface area (Å²) in [6.45, 7) is 8.13. The molecule has 2 N–H and O–H groups in total. The van der Waals surface area contributed by atoms with Crippen molar-refractivity contribution >= 4 is 11.8 Å². The number of hydrogen-bond donors (Lipinski definition) is 2. The topological polar surface area (TPSA) is 50.7 Å². The maximum absolute atomic E-state index is 9.61. The van der Waals surface area contributed by atoms with Crippen LogP contribution in [0.15, 0.2) is 18.2 Å². The van der Waals surface area contributed by atoms with Gasteiger partial charge < -0.3 is 19.9 Å². The molecular weight excluding hydrogens is 286 g/mol. The number of ether oxygens (including phenoxy) is 2. The number of aliphatic hydroxyl groups is 1. The maximum Gasteiger partial charge on any atom is 0.161 e. The first-order chi connectivity index (χ1) is 10.1. The van der Waals surface area contributed by atoms with Crippen LogP contribution in [0.3, 0.4) is 0 Å². The zero-order valence-electron chi connectivity index (χ0n) is 13.0. The molecule has 0 aliphatic carbocycles. The summed E-state index contributed by atoms with van der Waals surface area (Å²) in [5, 5.41) is 13.3. The first kappa shape index (κ1) is 16.5. The van der Waals surface area contributed by atoms with Crippen molar-refractivity contribution in [2.45, 2.75) is 38.2 Å². The van der Waals surface area contributed by atoms with Gasteiger partial charge in [0.25, 0.3) is 0 Å². The van der Waals surface area contributed by atoms with E-state index >= 15 is 0 Å². The Morgan fingerprint density at radius 3 is 2.62 bits per heavy atom. The van der Waals surface area contributed by atoms with Crippen molar-refractivity contribution in [1.82, 2.24) is 5.32 Å². The van der Waals surface area contributed by atoms with E-state index < -0.39 is 0 Å². The van der Waals surface area contributed by atoms with E-state index in [-0.39, 0.29) is 17.4 Å². The molecule has 0 saturated heterocycles. The van der Waals surface area contributed by atoms with Crippen LogP contribution in [0.2, 0.25) is 0 Å². The van der Waals surface area contributed by atoms with E-state index in [1.54, 1.807) is 11.8 Å². The lowest BCUT2D eigenvalue weighted by molar-refractivity contribution is 0.171. The number of hydrogen-bond acceptors (Lipinski definition) is 5. The van der Waals surface area contributed by atoms with Gasteiger partial charge in [0.05, 0.1) is 6.10 Å². The molecule has 1 aliphatic heterocycles. The fraction of sp³-hybridized carbons (Fsp3) is 0.625. The van der Waals surface area contributed by atoms with Gasteiger partial charge in [0.1, 0.15) is 13.2 Å². The predicted octanol–water partition coefficient (Wildman–Crippen LogP) is 2.61. The molecule has 5 heteroatoms. The number of fused-ring (bicyclic) bond motifs is 1. The minimum atomic E-state index is -0.294. The predicted molar refractivity (Wildman–Crippen MR) is 87.5 cm³/mol. The normalized spacial score (nSPS) is 18.1. The maximum atomic E-state index is 9.61. The Bertz CT molecular complexity index is 453. The van der Waals surface area contributed by atoms with Gasteiger partial charge in [-0.2, -0.15) is 11.8 Å². The smallest absolute Gasteiger partial charge is 0.161 e. The molecule has 0 fully saturated rings. The van der Waals surface area contributed by atoms with Crippen molar-refractivity contribution in [3.63, 3.8) is 0 Å². The second-order valence-corrected chi connectivity index (χ2v) is 6.70. The van der Waals surface area contributed by atoms with E-state index in [1.165, 1.54) is 5.56 Å². The molecule has 0 saturated carbocycles. The van der Waals surface area contributed by atoms with Crippen LogP contribution in [0.4, 0.5) is 0 Å². The van der Waals surface area contributed by atoms with Crippen molar-refractivity contribution in [1.29, 1.82) is 0 Å². The number of benzene rings is 1. The van der Waals surface area contributed by atoms with E-state index in [4.69, 9.17) is 9.47 Å².